The molecule has 3 aliphatic heterocycles. The van der Waals surface area contributed by atoms with Gasteiger partial charge < -0.3 is 19.6 Å². The number of Topliss-reactive ketones (excluding diaryl/α,β-unsaturated/α-hetero) is 1. The molecule has 3 fully saturated rings. The van der Waals surface area contributed by atoms with Gasteiger partial charge in [0.15, 0.2) is 17.3 Å². The molecule has 1 aromatic rings. The van der Waals surface area contributed by atoms with Crippen molar-refractivity contribution in [2.75, 3.05) is 32.1 Å². The normalized spacial score (nSPS) is 31.2. The lowest BCUT2D eigenvalue weighted by Gasteiger charge is -2.44. The number of carbonyl (C=O) groups is 2. The summed E-state index contributed by atoms with van der Waals surface area (Å²) >= 11 is 0. The van der Waals surface area contributed by atoms with E-state index in [1.165, 1.54) is 14.0 Å². The van der Waals surface area contributed by atoms with Gasteiger partial charge in [0.2, 0.25) is 5.91 Å². The molecule has 6 nitrogen and oxygen atoms in total. The number of ketones is 1. The van der Waals surface area contributed by atoms with Crippen molar-refractivity contribution in [2.24, 2.45) is 5.92 Å². The minimum atomic E-state index is -0.818. The summed E-state index contributed by atoms with van der Waals surface area (Å²) in [4.78, 5) is 30.6. The quantitative estimate of drug-likeness (QED) is 0.754. The standard InChI is InChI=1S/C22H28N2O4/c1-5-15-14-8-10-23(3)11-9-22(21(15)27)16-6-7-17(28-4)20(26)19(16)24(13(2)25)18(22)12-14/h5-7,14,18,26H,8-12H2,1-4H3/b15-5-/t14-,18-,22+/m0/s1. The first kappa shape index (κ1) is 19.0. The lowest BCUT2D eigenvalue weighted by Crippen LogP contribution is -2.56. The smallest absolute Gasteiger partial charge is 0.224 e. The summed E-state index contributed by atoms with van der Waals surface area (Å²) in [5.41, 5.74) is 1.26. The van der Waals surface area contributed by atoms with E-state index in [0.29, 0.717) is 17.9 Å². The number of rotatable bonds is 1. The fourth-order valence-electron chi connectivity index (χ4n) is 5.59. The summed E-state index contributed by atoms with van der Waals surface area (Å²) in [7, 11) is 3.57. The summed E-state index contributed by atoms with van der Waals surface area (Å²) in [6.07, 6.45) is 4.20. The molecule has 28 heavy (non-hydrogen) atoms. The van der Waals surface area contributed by atoms with Crippen LogP contribution in [0.3, 0.4) is 0 Å². The lowest BCUT2D eigenvalue weighted by atomic mass is 9.60. The third kappa shape index (κ3) is 2.37. The fourth-order valence-corrected chi connectivity index (χ4v) is 5.59. The van der Waals surface area contributed by atoms with Gasteiger partial charge in [0.05, 0.1) is 24.3 Å². The number of carbonyl (C=O) groups excluding carboxylic acids is 2. The van der Waals surface area contributed by atoms with Crippen LogP contribution in [-0.2, 0) is 15.0 Å². The second-order valence-corrected chi connectivity index (χ2v) is 8.24. The molecule has 0 aromatic heterocycles. The molecule has 150 valence electrons. The monoisotopic (exact) mass is 384 g/mol. The van der Waals surface area contributed by atoms with E-state index in [4.69, 9.17) is 4.74 Å². The maximum Gasteiger partial charge on any atom is 0.224 e. The molecule has 1 amide bonds. The van der Waals surface area contributed by atoms with Crippen molar-refractivity contribution in [2.45, 2.75) is 44.6 Å². The number of nitrogens with zero attached hydrogens (tertiary/aromatic N) is 2. The van der Waals surface area contributed by atoms with E-state index in [-0.39, 0.29) is 29.4 Å². The Labute approximate surface area is 165 Å². The predicted molar refractivity (Wildman–Crippen MR) is 107 cm³/mol. The highest BCUT2D eigenvalue weighted by atomic mass is 16.5. The summed E-state index contributed by atoms with van der Waals surface area (Å²) in [6.45, 7) is 5.14. The van der Waals surface area contributed by atoms with Crippen molar-refractivity contribution in [1.82, 2.24) is 4.90 Å². The SMILES string of the molecule is C/C=C1\C(=O)[C@@]23CCN(C)CC[C@H]1C[C@@H]2N(C(C)=O)c1c3ccc(OC)c1O. The van der Waals surface area contributed by atoms with Gasteiger partial charge in [-0.25, -0.2) is 0 Å². The first-order chi connectivity index (χ1) is 13.4. The second kappa shape index (κ2) is 6.62. The van der Waals surface area contributed by atoms with Crippen LogP contribution < -0.4 is 9.64 Å². The van der Waals surface area contributed by atoms with Gasteiger partial charge in [0.25, 0.3) is 0 Å². The number of ether oxygens (including phenoxy) is 1. The summed E-state index contributed by atoms with van der Waals surface area (Å²) in [5, 5.41) is 10.9. The van der Waals surface area contributed by atoms with Crippen LogP contribution in [0.2, 0.25) is 0 Å². The minimum Gasteiger partial charge on any atom is -0.503 e. The fraction of sp³-hybridized carbons (Fsp3) is 0.545. The first-order valence-electron chi connectivity index (χ1n) is 9.96. The molecule has 0 radical (unpaired) electrons. The summed E-state index contributed by atoms with van der Waals surface area (Å²) in [5.74, 6) is 0.344. The van der Waals surface area contributed by atoms with E-state index in [9.17, 15) is 14.7 Å². The molecule has 3 heterocycles. The molecule has 5 rings (SSSR count). The van der Waals surface area contributed by atoms with Gasteiger partial charge in [-0.05, 0) is 69.4 Å². The number of phenolic OH excluding ortho intramolecular Hbond substituents is 1. The number of anilines is 1. The molecule has 0 unspecified atom stereocenters. The highest BCUT2D eigenvalue weighted by Gasteiger charge is 2.61. The van der Waals surface area contributed by atoms with E-state index in [0.717, 1.165) is 37.1 Å². The predicted octanol–water partition coefficient (Wildman–Crippen LogP) is 2.63. The van der Waals surface area contributed by atoms with Crippen molar-refractivity contribution in [3.63, 3.8) is 0 Å². The van der Waals surface area contributed by atoms with Gasteiger partial charge in [-0.15, -0.1) is 0 Å². The number of phenols is 1. The van der Waals surface area contributed by atoms with E-state index in [2.05, 4.69) is 11.9 Å². The Morgan fingerprint density at radius 3 is 2.75 bits per heavy atom. The zero-order valence-electron chi connectivity index (χ0n) is 17.0. The highest BCUT2D eigenvalue weighted by molar-refractivity contribution is 6.12. The Hall–Kier alpha value is -2.34. The number of fused-ring (bicyclic) bond motifs is 6. The Kier molecular flexibility index (Phi) is 4.49. The topological polar surface area (TPSA) is 70.1 Å². The van der Waals surface area contributed by atoms with Crippen LogP contribution in [0.1, 0.15) is 38.7 Å². The number of hydrogen-bond donors (Lipinski definition) is 1. The number of hydrogen-bond acceptors (Lipinski definition) is 5. The maximum atomic E-state index is 13.9. The minimum absolute atomic E-state index is 0.0548. The molecule has 1 spiro atoms. The third-order valence-electron chi connectivity index (χ3n) is 6.95. The Balaban J connectivity index is 2.02. The largest absolute Gasteiger partial charge is 0.503 e. The van der Waals surface area contributed by atoms with E-state index in [1.54, 1.807) is 11.0 Å². The van der Waals surface area contributed by atoms with Crippen molar-refractivity contribution in [3.8, 4) is 11.5 Å². The molecule has 6 heteroatoms. The van der Waals surface area contributed by atoms with Crippen LogP contribution in [0.15, 0.2) is 23.8 Å². The molecule has 3 atom stereocenters. The van der Waals surface area contributed by atoms with E-state index >= 15 is 0 Å². The molecule has 1 N–H and O–H groups in total. The Morgan fingerprint density at radius 2 is 2.11 bits per heavy atom. The first-order valence-corrected chi connectivity index (χ1v) is 9.96. The van der Waals surface area contributed by atoms with Crippen molar-refractivity contribution >= 4 is 17.4 Å². The van der Waals surface area contributed by atoms with Crippen molar-refractivity contribution in [1.29, 1.82) is 0 Å². The Morgan fingerprint density at radius 1 is 1.36 bits per heavy atom. The van der Waals surface area contributed by atoms with Crippen molar-refractivity contribution < 1.29 is 19.4 Å². The molecule has 2 bridgehead atoms. The number of aromatic hydroxyl groups is 1. The maximum absolute atomic E-state index is 13.9. The summed E-state index contributed by atoms with van der Waals surface area (Å²) < 4.78 is 5.29. The van der Waals surface area contributed by atoms with Gasteiger partial charge in [0, 0.05) is 6.92 Å². The van der Waals surface area contributed by atoms with Gasteiger partial charge >= 0.3 is 0 Å². The molecule has 2 saturated heterocycles. The van der Waals surface area contributed by atoms with Crippen molar-refractivity contribution in [3.05, 3.63) is 29.3 Å². The zero-order valence-corrected chi connectivity index (χ0v) is 17.0. The molecular formula is C22H28N2O4. The second-order valence-electron chi connectivity index (χ2n) is 8.24. The van der Waals surface area contributed by atoms with Crippen LogP contribution in [0.4, 0.5) is 5.69 Å². The van der Waals surface area contributed by atoms with Crippen LogP contribution in [0.25, 0.3) is 0 Å². The van der Waals surface area contributed by atoms with Crippen LogP contribution in [-0.4, -0.2) is 55.0 Å². The van der Waals surface area contributed by atoms with Crippen LogP contribution in [0, 0.1) is 5.92 Å². The van der Waals surface area contributed by atoms with E-state index < -0.39 is 5.41 Å². The number of amides is 1. The molecule has 4 aliphatic rings. The highest BCUT2D eigenvalue weighted by Crippen LogP contribution is 2.59. The average Bonchev–Trinajstić information content (AvgIpc) is 3.00. The molecule has 1 aromatic carbocycles. The van der Waals surface area contributed by atoms with Crippen LogP contribution in [0.5, 0.6) is 11.5 Å². The average molecular weight is 384 g/mol. The third-order valence-corrected chi connectivity index (χ3v) is 6.95. The van der Waals surface area contributed by atoms with Gasteiger partial charge in [-0.2, -0.15) is 0 Å². The number of allylic oxidation sites excluding steroid dienone is 2. The molecule has 1 aliphatic carbocycles. The number of methoxy groups -OCH3 is 1. The van der Waals surface area contributed by atoms with Gasteiger partial charge in [-0.1, -0.05) is 12.1 Å². The molecule has 1 saturated carbocycles. The molecular weight excluding hydrogens is 356 g/mol. The zero-order chi connectivity index (χ0) is 20.2. The lowest BCUT2D eigenvalue weighted by molar-refractivity contribution is -0.124. The van der Waals surface area contributed by atoms with Gasteiger partial charge in [-0.3, -0.25) is 9.59 Å². The van der Waals surface area contributed by atoms with Crippen LogP contribution >= 0.6 is 0 Å². The summed E-state index contributed by atoms with van der Waals surface area (Å²) in [6, 6.07) is 3.30. The number of benzene rings is 1. The van der Waals surface area contributed by atoms with E-state index in [1.807, 2.05) is 19.1 Å². The van der Waals surface area contributed by atoms with Gasteiger partial charge in [0.1, 0.15) is 0 Å². The Bertz CT molecular complexity index is 878.